The number of hydrazone groups is 1. The summed E-state index contributed by atoms with van der Waals surface area (Å²) in [5.74, 6) is -0.921. The van der Waals surface area contributed by atoms with Crippen LogP contribution in [-0.4, -0.2) is 22.4 Å². The number of amides is 2. The smallest absolute Gasteiger partial charge is 0.287 e. The fourth-order valence-electron chi connectivity index (χ4n) is 2.02. The first-order valence-corrected chi connectivity index (χ1v) is 8.34. The minimum Gasteiger partial charge on any atom is -0.326 e. The summed E-state index contributed by atoms with van der Waals surface area (Å²) in [7, 11) is 0. The Morgan fingerprint density at radius 1 is 1.15 bits per heavy atom. The van der Waals surface area contributed by atoms with E-state index >= 15 is 0 Å². The Balaban J connectivity index is 1.93. The fourth-order valence-corrected chi connectivity index (χ4v) is 2.39. The zero-order valence-corrected chi connectivity index (χ0v) is 15.5. The van der Waals surface area contributed by atoms with E-state index in [0.29, 0.717) is 16.4 Å². The van der Waals surface area contributed by atoms with Crippen LogP contribution < -0.4 is 10.7 Å². The maximum Gasteiger partial charge on any atom is 0.287 e. The molecule has 0 aliphatic rings. The molecule has 0 unspecified atom stereocenters. The lowest BCUT2D eigenvalue weighted by molar-refractivity contribution is -0.384. The predicted octanol–water partition coefficient (Wildman–Crippen LogP) is 4.04. The van der Waals surface area contributed by atoms with E-state index in [2.05, 4.69) is 15.8 Å². The summed E-state index contributed by atoms with van der Waals surface area (Å²) >= 11 is 11.5. The van der Waals surface area contributed by atoms with Gasteiger partial charge in [-0.05, 0) is 43.3 Å². The van der Waals surface area contributed by atoms with Gasteiger partial charge in [0.2, 0.25) is 5.91 Å². The summed E-state index contributed by atoms with van der Waals surface area (Å²) in [6, 6.07) is 10.2. The third-order valence-corrected chi connectivity index (χ3v) is 3.85. The van der Waals surface area contributed by atoms with Gasteiger partial charge in [-0.25, -0.2) is 5.43 Å². The van der Waals surface area contributed by atoms with Gasteiger partial charge in [-0.2, -0.15) is 5.10 Å². The van der Waals surface area contributed by atoms with Gasteiger partial charge in [0.1, 0.15) is 5.02 Å². The second kappa shape index (κ2) is 9.11. The van der Waals surface area contributed by atoms with E-state index in [1.54, 1.807) is 31.2 Å². The summed E-state index contributed by atoms with van der Waals surface area (Å²) in [4.78, 5) is 34.1. The lowest BCUT2D eigenvalue weighted by Gasteiger charge is -2.06. The summed E-state index contributed by atoms with van der Waals surface area (Å²) in [6.07, 6.45) is -0.0378. The summed E-state index contributed by atoms with van der Waals surface area (Å²) < 4.78 is 0. The molecule has 0 aromatic heterocycles. The molecule has 0 radical (unpaired) electrons. The predicted molar refractivity (Wildman–Crippen MR) is 103 cm³/mol. The highest BCUT2D eigenvalue weighted by molar-refractivity contribution is 6.33. The van der Waals surface area contributed by atoms with Gasteiger partial charge in [-0.1, -0.05) is 23.2 Å². The first-order chi connectivity index (χ1) is 12.8. The minimum atomic E-state index is -0.647. The number of halogens is 2. The molecular weight excluding hydrogens is 395 g/mol. The van der Waals surface area contributed by atoms with Crippen molar-refractivity contribution in [3.05, 3.63) is 68.2 Å². The van der Waals surface area contributed by atoms with E-state index in [-0.39, 0.29) is 28.6 Å². The van der Waals surface area contributed by atoms with Gasteiger partial charge in [-0.3, -0.25) is 19.7 Å². The van der Waals surface area contributed by atoms with Crippen molar-refractivity contribution in [1.82, 2.24) is 5.43 Å². The second-order valence-electron chi connectivity index (χ2n) is 5.44. The molecule has 0 aliphatic heterocycles. The van der Waals surface area contributed by atoms with Gasteiger partial charge in [0.25, 0.3) is 11.6 Å². The van der Waals surface area contributed by atoms with Gasteiger partial charge in [0.05, 0.1) is 11.3 Å². The fraction of sp³-hybridized carbons (Fsp3) is 0.118. The van der Waals surface area contributed by atoms with Crippen LogP contribution in [0, 0.1) is 10.1 Å². The van der Waals surface area contributed by atoms with Crippen LogP contribution >= 0.6 is 23.2 Å². The van der Waals surface area contributed by atoms with Crippen molar-refractivity contribution < 1.29 is 14.5 Å². The molecular formula is C17H14Cl2N4O4. The van der Waals surface area contributed by atoms with Crippen LogP contribution in [0.4, 0.5) is 11.4 Å². The standard InChI is InChI=1S/C17H14Cl2N4O4/c1-10(8-16(24)20-13-5-3-12(18)4-6-13)21-22-17(25)11-2-7-15(23(26)27)14(19)9-11/h2-7,9H,8H2,1H3,(H,20,24)(H,22,25)/b21-10+. The first-order valence-electron chi connectivity index (χ1n) is 7.59. The molecule has 0 spiro atoms. The number of nitro benzene ring substituents is 1. The molecule has 0 aliphatic carbocycles. The lowest BCUT2D eigenvalue weighted by Crippen LogP contribution is -2.21. The molecule has 0 atom stereocenters. The number of hydrogen-bond donors (Lipinski definition) is 2. The van der Waals surface area contributed by atoms with Crippen LogP contribution in [0.5, 0.6) is 0 Å². The molecule has 0 heterocycles. The van der Waals surface area contributed by atoms with Gasteiger partial charge in [0.15, 0.2) is 0 Å². The monoisotopic (exact) mass is 408 g/mol. The molecule has 27 heavy (non-hydrogen) atoms. The molecule has 0 fully saturated rings. The summed E-state index contributed by atoms with van der Waals surface area (Å²) in [6.45, 7) is 1.57. The van der Waals surface area contributed by atoms with Gasteiger partial charge in [0, 0.05) is 28.1 Å². The molecule has 0 saturated carbocycles. The third kappa shape index (κ3) is 6.05. The normalized spacial score (nSPS) is 11.0. The Morgan fingerprint density at radius 2 is 1.81 bits per heavy atom. The number of carbonyl (C=O) groups is 2. The molecule has 2 N–H and O–H groups in total. The summed E-state index contributed by atoms with van der Waals surface area (Å²) in [5.41, 5.74) is 3.03. The number of carbonyl (C=O) groups excluding carboxylic acids is 2. The zero-order valence-electron chi connectivity index (χ0n) is 14.0. The molecule has 8 nitrogen and oxygen atoms in total. The Hall–Kier alpha value is -2.97. The van der Waals surface area contributed by atoms with Crippen LogP contribution in [0.2, 0.25) is 10.0 Å². The number of nitro groups is 1. The largest absolute Gasteiger partial charge is 0.326 e. The van der Waals surface area contributed by atoms with Crippen molar-refractivity contribution in [2.45, 2.75) is 13.3 Å². The molecule has 2 rings (SSSR count). The van der Waals surface area contributed by atoms with Gasteiger partial charge >= 0.3 is 0 Å². The number of rotatable bonds is 6. The quantitative estimate of drug-likeness (QED) is 0.426. The molecule has 2 aromatic carbocycles. The average Bonchev–Trinajstić information content (AvgIpc) is 2.61. The van der Waals surface area contributed by atoms with Gasteiger partial charge < -0.3 is 5.32 Å². The molecule has 0 saturated heterocycles. The van der Waals surface area contributed by atoms with E-state index in [1.807, 2.05) is 0 Å². The molecule has 2 amide bonds. The first kappa shape index (κ1) is 20.3. The van der Waals surface area contributed by atoms with Crippen molar-refractivity contribution in [1.29, 1.82) is 0 Å². The molecule has 2 aromatic rings. The maximum absolute atomic E-state index is 12.0. The average molecular weight is 409 g/mol. The van der Waals surface area contributed by atoms with E-state index in [9.17, 15) is 19.7 Å². The van der Waals surface area contributed by atoms with Crippen LogP contribution in [0.25, 0.3) is 0 Å². The Labute approximate surface area is 164 Å². The van der Waals surface area contributed by atoms with Gasteiger partial charge in [-0.15, -0.1) is 0 Å². The van der Waals surface area contributed by atoms with E-state index in [4.69, 9.17) is 23.2 Å². The Kier molecular flexibility index (Phi) is 6.86. The molecule has 0 bridgehead atoms. The van der Waals surface area contributed by atoms with E-state index in [1.165, 1.54) is 12.1 Å². The highest BCUT2D eigenvalue weighted by Gasteiger charge is 2.15. The van der Waals surface area contributed by atoms with E-state index in [0.717, 1.165) is 6.07 Å². The number of anilines is 1. The third-order valence-electron chi connectivity index (χ3n) is 3.30. The summed E-state index contributed by atoms with van der Waals surface area (Å²) in [5, 5.41) is 17.6. The number of nitrogens with zero attached hydrogens (tertiary/aromatic N) is 2. The van der Waals surface area contributed by atoms with Crippen molar-refractivity contribution in [3.63, 3.8) is 0 Å². The zero-order chi connectivity index (χ0) is 20.0. The Bertz CT molecular complexity index is 914. The maximum atomic E-state index is 12.0. The molecule has 10 heteroatoms. The second-order valence-corrected chi connectivity index (χ2v) is 6.29. The SMILES string of the molecule is C/C(CC(=O)Nc1ccc(Cl)cc1)=N\NC(=O)c1ccc([N+](=O)[O-])c(Cl)c1. The number of benzene rings is 2. The Morgan fingerprint density at radius 3 is 2.41 bits per heavy atom. The minimum absolute atomic E-state index is 0.0378. The van der Waals surface area contributed by atoms with Crippen LogP contribution in [0.15, 0.2) is 47.6 Å². The van der Waals surface area contributed by atoms with E-state index < -0.39 is 10.8 Å². The van der Waals surface area contributed by atoms with Crippen LogP contribution in [0.1, 0.15) is 23.7 Å². The van der Waals surface area contributed by atoms with Crippen molar-refractivity contribution in [2.75, 3.05) is 5.32 Å². The van der Waals surface area contributed by atoms with Crippen molar-refractivity contribution in [3.8, 4) is 0 Å². The highest BCUT2D eigenvalue weighted by Crippen LogP contribution is 2.24. The van der Waals surface area contributed by atoms with Crippen molar-refractivity contribution >= 4 is 52.1 Å². The lowest BCUT2D eigenvalue weighted by atomic mass is 10.2. The van der Waals surface area contributed by atoms with Crippen LogP contribution in [-0.2, 0) is 4.79 Å². The van der Waals surface area contributed by atoms with Crippen LogP contribution in [0.3, 0.4) is 0 Å². The molecule has 140 valence electrons. The van der Waals surface area contributed by atoms with Crippen molar-refractivity contribution in [2.24, 2.45) is 5.10 Å². The number of nitrogens with one attached hydrogen (secondary N) is 2. The highest BCUT2D eigenvalue weighted by atomic mass is 35.5. The number of hydrogen-bond acceptors (Lipinski definition) is 5. The topological polar surface area (TPSA) is 114 Å².